The van der Waals surface area contributed by atoms with Crippen molar-refractivity contribution in [1.82, 2.24) is 9.62 Å². The van der Waals surface area contributed by atoms with Crippen molar-refractivity contribution >= 4 is 15.9 Å². The van der Waals surface area contributed by atoms with E-state index in [1.807, 2.05) is 20.8 Å². The Morgan fingerprint density at radius 2 is 2.00 bits per heavy atom. The Balaban J connectivity index is 2.76. The zero-order valence-corrected chi connectivity index (χ0v) is 13.7. The average Bonchev–Trinajstić information content (AvgIpc) is 2.33. The fourth-order valence-corrected chi connectivity index (χ4v) is 2.79. The van der Waals surface area contributed by atoms with E-state index in [4.69, 9.17) is 5.73 Å². The van der Waals surface area contributed by atoms with Crippen LogP contribution in [0.25, 0.3) is 0 Å². The number of piperidine rings is 1. The molecule has 0 aromatic heterocycles. The monoisotopic (exact) mass is 305 g/mol. The second-order valence-electron chi connectivity index (χ2n) is 6.65. The molecule has 1 fully saturated rings. The molecule has 0 aromatic carbocycles. The predicted molar refractivity (Wildman–Crippen MR) is 79.6 cm³/mol. The first-order valence-corrected chi connectivity index (χ1v) is 8.92. The lowest BCUT2D eigenvalue weighted by molar-refractivity contribution is -0.138. The van der Waals surface area contributed by atoms with E-state index >= 15 is 0 Å². The van der Waals surface area contributed by atoms with E-state index in [0.717, 1.165) is 25.5 Å². The number of carbonyl (C=O) groups is 1. The van der Waals surface area contributed by atoms with E-state index in [0.29, 0.717) is 6.54 Å². The van der Waals surface area contributed by atoms with Crippen LogP contribution in [0.1, 0.15) is 40.0 Å². The quantitative estimate of drug-likeness (QED) is 0.781. The molecule has 0 saturated carbocycles. The van der Waals surface area contributed by atoms with Crippen LogP contribution in [0.4, 0.5) is 0 Å². The highest BCUT2D eigenvalue weighted by Gasteiger charge is 2.35. The second kappa shape index (κ2) is 6.41. The fraction of sp³-hybridized carbons (Fsp3) is 0.923. The third-order valence-electron chi connectivity index (χ3n) is 3.69. The number of likely N-dealkylation sites (tertiary alicyclic amines) is 1. The van der Waals surface area contributed by atoms with Gasteiger partial charge in [0.1, 0.15) is 0 Å². The van der Waals surface area contributed by atoms with E-state index < -0.39 is 16.1 Å². The molecule has 1 saturated heterocycles. The summed E-state index contributed by atoms with van der Waals surface area (Å²) in [6.07, 6.45) is 3.89. The standard InChI is InChI=1S/C13H27N3O3S/c1-13(2,3)11(14)12(17)16-8-6-5-7-10(16)9-15-20(4,18)19/h10-11,15H,5-9,14H2,1-4H3. The predicted octanol–water partition coefficient (Wildman–Crippen LogP) is 0.290. The summed E-state index contributed by atoms with van der Waals surface area (Å²) < 4.78 is 24.9. The molecule has 2 unspecified atom stereocenters. The maximum absolute atomic E-state index is 12.5. The number of nitrogens with two attached hydrogens (primary N) is 1. The minimum Gasteiger partial charge on any atom is -0.337 e. The minimum atomic E-state index is -3.24. The van der Waals surface area contributed by atoms with E-state index in [9.17, 15) is 13.2 Å². The molecule has 1 amide bonds. The van der Waals surface area contributed by atoms with Gasteiger partial charge in [-0.15, -0.1) is 0 Å². The molecule has 1 heterocycles. The first-order valence-electron chi connectivity index (χ1n) is 7.03. The maximum atomic E-state index is 12.5. The van der Waals surface area contributed by atoms with Gasteiger partial charge >= 0.3 is 0 Å². The van der Waals surface area contributed by atoms with Crippen LogP contribution in [0.2, 0.25) is 0 Å². The summed E-state index contributed by atoms with van der Waals surface area (Å²) in [5.41, 5.74) is 5.74. The normalized spacial score (nSPS) is 22.6. The van der Waals surface area contributed by atoms with Gasteiger partial charge in [-0.2, -0.15) is 0 Å². The van der Waals surface area contributed by atoms with Crippen LogP contribution in [0.5, 0.6) is 0 Å². The number of nitrogens with one attached hydrogen (secondary N) is 1. The van der Waals surface area contributed by atoms with Crippen LogP contribution in [0.3, 0.4) is 0 Å². The highest BCUT2D eigenvalue weighted by molar-refractivity contribution is 7.88. The minimum absolute atomic E-state index is 0.0856. The first kappa shape index (κ1) is 17.4. The summed E-state index contributed by atoms with van der Waals surface area (Å²) in [5.74, 6) is -0.0856. The van der Waals surface area contributed by atoms with Crippen molar-refractivity contribution < 1.29 is 13.2 Å². The molecule has 1 aliphatic heterocycles. The summed E-state index contributed by atoms with van der Waals surface area (Å²) in [4.78, 5) is 14.3. The molecule has 2 atom stereocenters. The Morgan fingerprint density at radius 1 is 1.40 bits per heavy atom. The van der Waals surface area contributed by atoms with Gasteiger partial charge in [0.15, 0.2) is 0 Å². The summed E-state index contributed by atoms with van der Waals surface area (Å²) in [5, 5.41) is 0. The van der Waals surface area contributed by atoms with Crippen molar-refractivity contribution in [2.24, 2.45) is 11.1 Å². The molecule has 0 radical (unpaired) electrons. The van der Waals surface area contributed by atoms with Gasteiger partial charge in [-0.05, 0) is 24.7 Å². The molecule has 118 valence electrons. The Morgan fingerprint density at radius 3 is 2.50 bits per heavy atom. The molecule has 3 N–H and O–H groups in total. The van der Waals surface area contributed by atoms with E-state index in [2.05, 4.69) is 4.72 Å². The molecule has 7 heteroatoms. The van der Waals surface area contributed by atoms with Gasteiger partial charge in [0, 0.05) is 19.1 Å². The maximum Gasteiger partial charge on any atom is 0.240 e. The van der Waals surface area contributed by atoms with Gasteiger partial charge in [-0.25, -0.2) is 13.1 Å². The molecule has 1 rings (SSSR count). The Labute approximate surface area is 122 Å². The van der Waals surface area contributed by atoms with Gasteiger partial charge in [0.2, 0.25) is 15.9 Å². The van der Waals surface area contributed by atoms with Crippen molar-refractivity contribution in [3.05, 3.63) is 0 Å². The Bertz CT molecular complexity index is 442. The van der Waals surface area contributed by atoms with Gasteiger partial charge in [-0.3, -0.25) is 4.79 Å². The molecule has 0 bridgehead atoms. The number of rotatable bonds is 4. The topological polar surface area (TPSA) is 92.5 Å². The van der Waals surface area contributed by atoms with Crippen molar-refractivity contribution in [1.29, 1.82) is 0 Å². The molecular weight excluding hydrogens is 278 g/mol. The summed E-state index contributed by atoms with van der Waals surface area (Å²) in [6, 6.07) is -0.666. The SMILES string of the molecule is CC(C)(C)C(N)C(=O)N1CCCCC1CNS(C)(=O)=O. The highest BCUT2D eigenvalue weighted by atomic mass is 32.2. The molecule has 1 aliphatic rings. The third kappa shape index (κ3) is 5.03. The van der Waals surface area contributed by atoms with E-state index in [-0.39, 0.29) is 23.9 Å². The van der Waals surface area contributed by atoms with Crippen LogP contribution < -0.4 is 10.5 Å². The number of nitrogens with zero attached hydrogens (tertiary/aromatic N) is 1. The van der Waals surface area contributed by atoms with Gasteiger partial charge in [-0.1, -0.05) is 20.8 Å². The second-order valence-corrected chi connectivity index (χ2v) is 8.48. The average molecular weight is 305 g/mol. The van der Waals surface area contributed by atoms with Gasteiger partial charge < -0.3 is 10.6 Å². The zero-order valence-electron chi connectivity index (χ0n) is 12.8. The summed E-state index contributed by atoms with van der Waals surface area (Å²) in [6.45, 7) is 6.72. The Kier molecular flexibility index (Phi) is 5.57. The van der Waals surface area contributed by atoms with Crippen LogP contribution >= 0.6 is 0 Å². The fourth-order valence-electron chi connectivity index (χ4n) is 2.30. The molecule has 6 nitrogen and oxygen atoms in total. The summed E-state index contributed by atoms with van der Waals surface area (Å²) >= 11 is 0. The number of hydrogen-bond donors (Lipinski definition) is 2. The lowest BCUT2D eigenvalue weighted by Crippen LogP contribution is -2.57. The number of hydrogen-bond acceptors (Lipinski definition) is 4. The van der Waals surface area contributed by atoms with Crippen LogP contribution in [0, 0.1) is 5.41 Å². The molecule has 0 aliphatic carbocycles. The van der Waals surface area contributed by atoms with Crippen molar-refractivity contribution in [2.75, 3.05) is 19.3 Å². The first-order chi connectivity index (χ1) is 9.02. The zero-order chi connectivity index (χ0) is 15.6. The number of sulfonamides is 1. The molecule has 0 aromatic rings. The van der Waals surface area contributed by atoms with Crippen molar-refractivity contribution in [3.63, 3.8) is 0 Å². The molecule has 0 spiro atoms. The van der Waals surface area contributed by atoms with E-state index in [1.165, 1.54) is 0 Å². The molecule has 20 heavy (non-hydrogen) atoms. The van der Waals surface area contributed by atoms with Crippen LogP contribution in [-0.2, 0) is 14.8 Å². The number of amides is 1. The highest BCUT2D eigenvalue weighted by Crippen LogP contribution is 2.23. The molecular formula is C13H27N3O3S. The van der Waals surface area contributed by atoms with Crippen LogP contribution in [0.15, 0.2) is 0 Å². The van der Waals surface area contributed by atoms with E-state index in [1.54, 1.807) is 4.90 Å². The smallest absolute Gasteiger partial charge is 0.240 e. The van der Waals surface area contributed by atoms with Crippen molar-refractivity contribution in [3.8, 4) is 0 Å². The largest absolute Gasteiger partial charge is 0.337 e. The summed E-state index contributed by atoms with van der Waals surface area (Å²) in [7, 11) is -3.24. The Hall–Kier alpha value is -0.660. The van der Waals surface area contributed by atoms with Gasteiger partial charge in [0.05, 0.1) is 12.3 Å². The van der Waals surface area contributed by atoms with Crippen molar-refractivity contribution in [2.45, 2.75) is 52.1 Å². The lowest BCUT2D eigenvalue weighted by atomic mass is 9.85. The lowest BCUT2D eigenvalue weighted by Gasteiger charge is -2.39. The third-order valence-corrected chi connectivity index (χ3v) is 4.38. The van der Waals surface area contributed by atoms with Crippen LogP contribution in [-0.4, -0.2) is 50.7 Å². The van der Waals surface area contributed by atoms with Gasteiger partial charge in [0.25, 0.3) is 0 Å². The number of carbonyl (C=O) groups excluding carboxylic acids is 1.